The van der Waals surface area contributed by atoms with Gasteiger partial charge >= 0.3 is 12.1 Å². The van der Waals surface area contributed by atoms with E-state index >= 15 is 0 Å². The van der Waals surface area contributed by atoms with Gasteiger partial charge < -0.3 is 15.0 Å². The number of alkyl halides is 3. The Kier molecular flexibility index (Phi) is 7.35. The number of nitrogens with zero attached hydrogens (tertiary/aromatic N) is 5. The van der Waals surface area contributed by atoms with Crippen LogP contribution in [0.5, 0.6) is 0 Å². The molecule has 0 saturated carbocycles. The van der Waals surface area contributed by atoms with Gasteiger partial charge in [0.25, 0.3) is 0 Å². The lowest BCUT2D eigenvalue weighted by Gasteiger charge is -2.27. The fourth-order valence-electron chi connectivity index (χ4n) is 3.41. The monoisotopic (exact) mass is 482 g/mol. The number of nitrogens with one attached hydrogen (secondary N) is 1. The van der Waals surface area contributed by atoms with E-state index in [1.165, 1.54) is 10.7 Å². The van der Waals surface area contributed by atoms with Gasteiger partial charge in [0, 0.05) is 31.9 Å². The smallest absolute Gasteiger partial charge is 0.475 e. The van der Waals surface area contributed by atoms with Gasteiger partial charge in [-0.15, -0.1) is 0 Å². The Bertz CT molecular complexity index is 1190. The predicted molar refractivity (Wildman–Crippen MR) is 113 cm³/mol. The third-order valence-corrected chi connectivity index (χ3v) is 4.95. The van der Waals surface area contributed by atoms with Crippen molar-refractivity contribution in [3.63, 3.8) is 0 Å². The molecule has 2 aromatic heterocycles. The number of halogens is 4. The lowest BCUT2D eigenvalue weighted by molar-refractivity contribution is -0.192. The Balaban J connectivity index is 0.000000406. The molecule has 1 aromatic carbocycles. The molecule has 13 heteroatoms. The molecule has 0 unspecified atom stereocenters. The molecule has 0 bridgehead atoms. The van der Waals surface area contributed by atoms with Crippen LogP contribution in [0.25, 0.3) is 5.69 Å². The largest absolute Gasteiger partial charge is 0.490 e. The zero-order valence-electron chi connectivity index (χ0n) is 18.3. The predicted octanol–water partition coefficient (Wildman–Crippen LogP) is 2.91. The van der Waals surface area contributed by atoms with Crippen molar-refractivity contribution in [2.75, 3.05) is 18.4 Å². The number of hydrogen-bond donors (Lipinski definition) is 2. The Labute approximate surface area is 191 Å². The van der Waals surface area contributed by atoms with E-state index in [0.717, 1.165) is 24.6 Å². The minimum atomic E-state index is -5.08. The van der Waals surface area contributed by atoms with Gasteiger partial charge in [-0.25, -0.2) is 18.9 Å². The maximum Gasteiger partial charge on any atom is 0.490 e. The first-order valence-corrected chi connectivity index (χ1v) is 10.1. The highest BCUT2D eigenvalue weighted by atomic mass is 19.4. The number of imidazole rings is 1. The van der Waals surface area contributed by atoms with Gasteiger partial charge in [-0.3, -0.25) is 9.69 Å². The van der Waals surface area contributed by atoms with E-state index in [0.29, 0.717) is 23.7 Å². The summed E-state index contributed by atoms with van der Waals surface area (Å²) in [5.74, 6) is -1.85. The second-order valence-corrected chi connectivity index (χ2v) is 7.54. The summed E-state index contributed by atoms with van der Waals surface area (Å²) < 4.78 is 49.5. The van der Waals surface area contributed by atoms with E-state index < -0.39 is 18.0 Å². The van der Waals surface area contributed by atoms with E-state index in [2.05, 4.69) is 24.9 Å². The zero-order valence-corrected chi connectivity index (χ0v) is 18.3. The zero-order chi connectivity index (χ0) is 25.0. The SMILES string of the molecule is Cc1cc(NC(=O)CN2CCn3c(cnc3C)C2)n(-c2ccccc2F)n1.O=C(O)C(F)(F)F. The Morgan fingerprint density at radius 1 is 1.18 bits per heavy atom. The molecule has 0 spiro atoms. The third kappa shape index (κ3) is 5.98. The first kappa shape index (κ1) is 24.9. The Morgan fingerprint density at radius 2 is 1.85 bits per heavy atom. The normalized spacial score (nSPS) is 13.6. The molecule has 1 amide bonds. The lowest BCUT2D eigenvalue weighted by atomic mass is 10.3. The van der Waals surface area contributed by atoms with Gasteiger partial charge in [0.05, 0.1) is 17.9 Å². The van der Waals surface area contributed by atoms with Gasteiger partial charge in [0.1, 0.15) is 23.1 Å². The first-order chi connectivity index (χ1) is 16.0. The summed E-state index contributed by atoms with van der Waals surface area (Å²) >= 11 is 0. The van der Waals surface area contributed by atoms with Crippen LogP contribution in [0.4, 0.5) is 23.4 Å². The molecular weight excluding hydrogens is 460 g/mol. The number of aryl methyl sites for hydroxylation is 2. The number of benzene rings is 1. The number of carbonyl (C=O) groups excluding carboxylic acids is 1. The molecule has 1 aliphatic rings. The molecule has 3 heterocycles. The van der Waals surface area contributed by atoms with Crippen molar-refractivity contribution < 1.29 is 32.3 Å². The average molecular weight is 482 g/mol. The number of carboxylic acid groups (broad SMARTS) is 1. The summed E-state index contributed by atoms with van der Waals surface area (Å²) in [5, 5.41) is 14.3. The van der Waals surface area contributed by atoms with Crippen LogP contribution in [-0.2, 0) is 22.7 Å². The fraction of sp³-hybridized carbons (Fsp3) is 0.333. The number of aromatic nitrogens is 4. The maximum absolute atomic E-state index is 14.1. The van der Waals surface area contributed by atoms with Crippen LogP contribution in [0.15, 0.2) is 36.5 Å². The van der Waals surface area contributed by atoms with Gasteiger partial charge in [-0.05, 0) is 26.0 Å². The topological polar surface area (TPSA) is 105 Å². The number of anilines is 1. The average Bonchev–Trinajstić information content (AvgIpc) is 3.30. The molecule has 0 aliphatic carbocycles. The van der Waals surface area contributed by atoms with Crippen molar-refractivity contribution in [3.8, 4) is 5.69 Å². The van der Waals surface area contributed by atoms with Gasteiger partial charge in [-0.2, -0.15) is 18.3 Å². The van der Waals surface area contributed by atoms with Crippen LogP contribution in [-0.4, -0.2) is 60.5 Å². The van der Waals surface area contributed by atoms with Crippen molar-refractivity contribution >= 4 is 17.7 Å². The van der Waals surface area contributed by atoms with Crippen molar-refractivity contribution in [2.24, 2.45) is 0 Å². The highest BCUT2D eigenvalue weighted by Crippen LogP contribution is 2.20. The molecule has 34 heavy (non-hydrogen) atoms. The number of hydrogen-bond acceptors (Lipinski definition) is 5. The molecule has 9 nitrogen and oxygen atoms in total. The molecule has 3 aromatic rings. The van der Waals surface area contributed by atoms with Crippen LogP contribution >= 0.6 is 0 Å². The fourth-order valence-corrected chi connectivity index (χ4v) is 3.41. The maximum atomic E-state index is 14.1. The molecule has 0 atom stereocenters. The van der Waals surface area contributed by atoms with Crippen LogP contribution in [0.2, 0.25) is 0 Å². The van der Waals surface area contributed by atoms with Gasteiger partial charge in [-0.1, -0.05) is 12.1 Å². The second kappa shape index (κ2) is 10.0. The second-order valence-electron chi connectivity index (χ2n) is 7.54. The highest BCUT2D eigenvalue weighted by Gasteiger charge is 2.38. The lowest BCUT2D eigenvalue weighted by Crippen LogP contribution is -2.39. The van der Waals surface area contributed by atoms with Crippen LogP contribution in [0.1, 0.15) is 17.2 Å². The summed E-state index contributed by atoms with van der Waals surface area (Å²) in [6, 6.07) is 8.09. The minimum Gasteiger partial charge on any atom is -0.475 e. The summed E-state index contributed by atoms with van der Waals surface area (Å²) in [6.07, 6.45) is -3.23. The summed E-state index contributed by atoms with van der Waals surface area (Å²) in [6.45, 7) is 6.33. The van der Waals surface area contributed by atoms with Crippen LogP contribution < -0.4 is 5.32 Å². The van der Waals surface area contributed by atoms with E-state index in [-0.39, 0.29) is 12.5 Å². The first-order valence-electron chi connectivity index (χ1n) is 10.1. The van der Waals surface area contributed by atoms with Crippen molar-refractivity contribution in [3.05, 3.63) is 59.6 Å². The quantitative estimate of drug-likeness (QED) is 0.554. The van der Waals surface area contributed by atoms with Gasteiger partial charge in [0.15, 0.2) is 0 Å². The number of amides is 1. The summed E-state index contributed by atoms with van der Waals surface area (Å²) in [7, 11) is 0. The van der Waals surface area contributed by atoms with E-state index in [1.807, 2.05) is 13.1 Å². The molecular formula is C21H22F4N6O3. The number of carboxylic acids is 1. The molecule has 1 aliphatic heterocycles. The number of para-hydroxylation sites is 1. The standard InChI is InChI=1S/C19H21FN6O.C2HF3O2/c1-13-9-18(26(23-13)17-6-4-3-5-16(17)20)22-19(27)12-24-7-8-25-14(2)21-10-15(25)11-24;3-2(4,5)1(6)7/h3-6,9-10H,7-8,11-12H2,1-2H3,(H,22,27);(H,6,7). The molecule has 0 saturated heterocycles. The Morgan fingerprint density at radius 3 is 2.50 bits per heavy atom. The number of carbonyl (C=O) groups is 2. The molecule has 0 fully saturated rings. The number of fused-ring (bicyclic) bond motifs is 1. The number of rotatable bonds is 4. The molecule has 182 valence electrons. The minimum absolute atomic E-state index is 0.155. The van der Waals surface area contributed by atoms with Crippen molar-refractivity contribution in [1.82, 2.24) is 24.2 Å². The van der Waals surface area contributed by atoms with Crippen LogP contribution in [0, 0.1) is 19.7 Å². The van der Waals surface area contributed by atoms with Gasteiger partial charge in [0.2, 0.25) is 5.91 Å². The molecule has 4 rings (SSSR count). The summed E-state index contributed by atoms with van der Waals surface area (Å²) in [4.78, 5) is 27.9. The van der Waals surface area contributed by atoms with Crippen molar-refractivity contribution in [1.29, 1.82) is 0 Å². The Hall–Kier alpha value is -3.74. The summed E-state index contributed by atoms with van der Waals surface area (Å²) in [5.41, 5.74) is 2.11. The van der Waals surface area contributed by atoms with Crippen molar-refractivity contribution in [2.45, 2.75) is 33.1 Å². The third-order valence-electron chi connectivity index (χ3n) is 4.95. The molecule has 2 N–H and O–H groups in total. The highest BCUT2D eigenvalue weighted by molar-refractivity contribution is 5.91. The number of aliphatic carboxylic acids is 1. The molecule has 0 radical (unpaired) electrons. The van der Waals surface area contributed by atoms with E-state index in [4.69, 9.17) is 9.90 Å². The van der Waals surface area contributed by atoms with Crippen LogP contribution in [0.3, 0.4) is 0 Å². The van der Waals surface area contributed by atoms with E-state index in [1.54, 1.807) is 31.2 Å². The van der Waals surface area contributed by atoms with E-state index in [9.17, 15) is 22.4 Å².